The second kappa shape index (κ2) is 5.00. The molecule has 80 valence electrons. The molecule has 0 aromatic heterocycles. The summed E-state index contributed by atoms with van der Waals surface area (Å²) in [4.78, 5) is 0. The molecular weight excluding hydrogens is 282 g/mol. The molecule has 0 amide bonds. The first kappa shape index (κ1) is 13.7. The van der Waals surface area contributed by atoms with Crippen LogP contribution < -0.4 is 5.73 Å². The fourth-order valence-corrected chi connectivity index (χ4v) is 1.42. The molecule has 1 aromatic carbocycles. The highest BCUT2D eigenvalue weighted by atomic mass is 79.9. The number of nitrogens with two attached hydrogens (primary N) is 1. The van der Waals surface area contributed by atoms with Crippen LogP contribution in [0.15, 0.2) is 22.7 Å². The lowest BCUT2D eigenvalue weighted by Crippen LogP contribution is -2.11. The fourth-order valence-electron chi connectivity index (χ4n) is 1.01. The smallest absolute Gasteiger partial charge is 0.326 e. The zero-order chi connectivity index (χ0) is 10.1. The molecule has 0 aliphatic heterocycles. The third-order valence-corrected chi connectivity index (χ3v) is 2.09. The summed E-state index contributed by atoms with van der Waals surface area (Å²) in [7, 11) is 0. The lowest BCUT2D eigenvalue weighted by Gasteiger charge is -2.11. The Bertz CT molecular complexity index is 314. The second-order valence-corrected chi connectivity index (χ2v) is 3.42. The summed E-state index contributed by atoms with van der Waals surface area (Å²) in [5.41, 5.74) is 4.63. The van der Waals surface area contributed by atoms with E-state index in [2.05, 4.69) is 15.9 Å². The van der Waals surface area contributed by atoms with Crippen LogP contribution in [0.25, 0.3) is 0 Å². The van der Waals surface area contributed by atoms with E-state index in [-0.39, 0.29) is 24.5 Å². The van der Waals surface area contributed by atoms with Crippen LogP contribution >= 0.6 is 28.3 Å². The molecule has 0 heterocycles. The molecule has 0 aliphatic carbocycles. The Morgan fingerprint density at radius 3 is 2.29 bits per heavy atom. The first-order chi connectivity index (χ1) is 5.95. The average Bonchev–Trinajstić information content (AvgIpc) is 2.01. The molecule has 14 heavy (non-hydrogen) atoms. The van der Waals surface area contributed by atoms with E-state index in [0.29, 0.717) is 4.47 Å². The molecule has 0 radical (unpaired) electrons. The number of rotatable bonds is 1. The van der Waals surface area contributed by atoms with Gasteiger partial charge in [-0.3, -0.25) is 0 Å². The Hall–Kier alpha value is -0.260. The maximum atomic E-state index is 12.3. The van der Waals surface area contributed by atoms with Crippen LogP contribution in [-0.2, 0) is 12.7 Å². The van der Waals surface area contributed by atoms with Crippen molar-refractivity contribution in [3.8, 4) is 0 Å². The lowest BCUT2D eigenvalue weighted by molar-refractivity contribution is -0.138. The number of halogens is 5. The number of hydrogen-bond donors (Lipinski definition) is 1. The van der Waals surface area contributed by atoms with E-state index < -0.39 is 11.7 Å². The summed E-state index contributed by atoms with van der Waals surface area (Å²) in [6, 6.07) is 3.75. The summed E-state index contributed by atoms with van der Waals surface area (Å²) in [5, 5.41) is 0. The van der Waals surface area contributed by atoms with Crippen molar-refractivity contribution in [3.63, 3.8) is 0 Å². The summed E-state index contributed by atoms with van der Waals surface area (Å²) in [6.07, 6.45) is -4.32. The second-order valence-electron chi connectivity index (χ2n) is 2.50. The maximum Gasteiger partial charge on any atom is 0.416 e. The zero-order valence-corrected chi connectivity index (χ0v) is 9.34. The Balaban J connectivity index is 0.00000169. The molecule has 0 saturated carbocycles. The van der Waals surface area contributed by atoms with Crippen molar-refractivity contribution < 1.29 is 13.2 Å². The Morgan fingerprint density at radius 1 is 1.29 bits per heavy atom. The van der Waals surface area contributed by atoms with E-state index in [9.17, 15) is 13.2 Å². The first-order valence-electron chi connectivity index (χ1n) is 3.51. The van der Waals surface area contributed by atoms with Crippen molar-refractivity contribution in [3.05, 3.63) is 33.8 Å². The first-order valence-corrected chi connectivity index (χ1v) is 4.30. The molecule has 0 bridgehead atoms. The van der Waals surface area contributed by atoms with Gasteiger partial charge in [0.25, 0.3) is 0 Å². The quantitative estimate of drug-likeness (QED) is 0.843. The number of benzene rings is 1. The minimum Gasteiger partial charge on any atom is -0.326 e. The van der Waals surface area contributed by atoms with E-state index in [0.717, 1.165) is 6.07 Å². The van der Waals surface area contributed by atoms with Gasteiger partial charge in [0.1, 0.15) is 0 Å². The summed E-state index contributed by atoms with van der Waals surface area (Å²) >= 11 is 3.08. The van der Waals surface area contributed by atoms with Crippen LogP contribution in [-0.4, -0.2) is 0 Å². The average molecular weight is 291 g/mol. The molecule has 1 rings (SSSR count). The number of hydrogen-bond acceptors (Lipinski definition) is 1. The topological polar surface area (TPSA) is 26.0 Å². The molecular formula is C8H8BrClF3N. The van der Waals surface area contributed by atoms with Gasteiger partial charge in [-0.15, -0.1) is 12.4 Å². The summed E-state index contributed by atoms with van der Waals surface area (Å²) in [6.45, 7) is -0.117. The van der Waals surface area contributed by atoms with Crippen molar-refractivity contribution in [2.24, 2.45) is 5.73 Å². The Labute approximate surface area is 94.0 Å². The molecule has 1 aromatic rings. The van der Waals surface area contributed by atoms with E-state index in [1.54, 1.807) is 0 Å². The highest BCUT2D eigenvalue weighted by Gasteiger charge is 2.32. The van der Waals surface area contributed by atoms with Crippen LogP contribution in [0.5, 0.6) is 0 Å². The minimum absolute atomic E-state index is 0. The van der Waals surface area contributed by atoms with Gasteiger partial charge >= 0.3 is 6.18 Å². The van der Waals surface area contributed by atoms with Crippen molar-refractivity contribution in [2.45, 2.75) is 12.7 Å². The van der Waals surface area contributed by atoms with Gasteiger partial charge in [0.2, 0.25) is 0 Å². The molecule has 1 nitrogen and oxygen atoms in total. The Morgan fingerprint density at radius 2 is 1.86 bits per heavy atom. The molecule has 0 aliphatic rings. The lowest BCUT2D eigenvalue weighted by atomic mass is 10.1. The molecule has 0 saturated heterocycles. The molecule has 0 atom stereocenters. The third-order valence-electron chi connectivity index (χ3n) is 1.59. The van der Waals surface area contributed by atoms with E-state index in [4.69, 9.17) is 5.73 Å². The summed E-state index contributed by atoms with van der Waals surface area (Å²) in [5.74, 6) is 0. The SMILES string of the molecule is Cl.NCc1cc(Br)ccc1C(F)(F)F. The molecule has 0 spiro atoms. The van der Waals surface area contributed by atoms with Crippen LogP contribution in [0.4, 0.5) is 13.2 Å². The van der Waals surface area contributed by atoms with Gasteiger partial charge in [0.15, 0.2) is 0 Å². The normalized spacial score (nSPS) is 10.9. The van der Waals surface area contributed by atoms with Crippen LogP contribution in [0, 0.1) is 0 Å². The van der Waals surface area contributed by atoms with Crippen LogP contribution in [0.2, 0.25) is 0 Å². The third kappa shape index (κ3) is 3.15. The van der Waals surface area contributed by atoms with Gasteiger partial charge in [-0.05, 0) is 23.8 Å². The van der Waals surface area contributed by atoms with E-state index >= 15 is 0 Å². The van der Waals surface area contributed by atoms with Crippen LogP contribution in [0.3, 0.4) is 0 Å². The van der Waals surface area contributed by atoms with Gasteiger partial charge in [-0.25, -0.2) is 0 Å². The van der Waals surface area contributed by atoms with Crippen molar-refractivity contribution in [1.82, 2.24) is 0 Å². The molecule has 2 N–H and O–H groups in total. The van der Waals surface area contributed by atoms with Gasteiger partial charge in [0, 0.05) is 11.0 Å². The largest absolute Gasteiger partial charge is 0.416 e. The summed E-state index contributed by atoms with van der Waals surface area (Å²) < 4.78 is 37.5. The van der Waals surface area contributed by atoms with E-state index in [1.165, 1.54) is 12.1 Å². The predicted octanol–water partition coefficient (Wildman–Crippen LogP) is 3.35. The van der Waals surface area contributed by atoms with Gasteiger partial charge in [0.05, 0.1) is 5.56 Å². The predicted molar refractivity (Wildman–Crippen MR) is 54.3 cm³/mol. The minimum atomic E-state index is -4.32. The highest BCUT2D eigenvalue weighted by molar-refractivity contribution is 9.10. The zero-order valence-electron chi connectivity index (χ0n) is 6.94. The standard InChI is InChI=1S/C8H7BrF3N.ClH/c9-6-1-2-7(8(10,11)12)5(3-6)4-13;/h1-3H,4,13H2;1H. The van der Waals surface area contributed by atoms with Gasteiger partial charge in [-0.1, -0.05) is 15.9 Å². The van der Waals surface area contributed by atoms with Gasteiger partial charge in [-0.2, -0.15) is 13.2 Å². The van der Waals surface area contributed by atoms with Crippen LogP contribution in [0.1, 0.15) is 11.1 Å². The Kier molecular flexibility index (Phi) is 4.91. The van der Waals surface area contributed by atoms with Crippen molar-refractivity contribution in [1.29, 1.82) is 0 Å². The maximum absolute atomic E-state index is 12.3. The van der Waals surface area contributed by atoms with Crippen molar-refractivity contribution >= 4 is 28.3 Å². The van der Waals surface area contributed by atoms with E-state index in [1.807, 2.05) is 0 Å². The fraction of sp³-hybridized carbons (Fsp3) is 0.250. The highest BCUT2D eigenvalue weighted by Crippen LogP contribution is 2.33. The molecule has 6 heteroatoms. The van der Waals surface area contributed by atoms with Crippen molar-refractivity contribution in [2.75, 3.05) is 0 Å². The number of alkyl halides is 3. The molecule has 0 unspecified atom stereocenters. The monoisotopic (exact) mass is 289 g/mol. The molecule has 0 fully saturated rings. The van der Waals surface area contributed by atoms with Gasteiger partial charge < -0.3 is 5.73 Å².